The fraction of sp³-hybridized carbons (Fsp3) is 0.231. The SMILES string of the molecule is O=C1[C@@H]2[C@@H](CC(COc3ccccc3)=C([C@H](O)CC/C(=C/c3ccc(O)cc3Cl)c3ccccc3)[C@@H]2CO)C(=O)N1c1cccc(B(O)O)c1. The van der Waals surface area contributed by atoms with E-state index in [4.69, 9.17) is 16.3 Å². The number of amides is 2. The molecule has 9 nitrogen and oxygen atoms in total. The summed E-state index contributed by atoms with van der Waals surface area (Å²) in [5.74, 6) is -2.99. The predicted octanol–water partition coefficient (Wildman–Crippen LogP) is 4.60. The van der Waals surface area contributed by atoms with E-state index in [-0.39, 0.29) is 36.3 Å². The number of rotatable bonds is 12. The molecule has 50 heavy (non-hydrogen) atoms. The van der Waals surface area contributed by atoms with Gasteiger partial charge in [-0.25, -0.2) is 0 Å². The molecule has 1 heterocycles. The highest BCUT2D eigenvalue weighted by Crippen LogP contribution is 2.47. The van der Waals surface area contributed by atoms with Crippen LogP contribution in [0.5, 0.6) is 11.5 Å². The molecule has 0 spiro atoms. The van der Waals surface area contributed by atoms with Gasteiger partial charge in [0.15, 0.2) is 0 Å². The molecule has 4 aromatic rings. The van der Waals surface area contributed by atoms with Crippen LogP contribution in [0, 0.1) is 17.8 Å². The molecule has 2 amide bonds. The van der Waals surface area contributed by atoms with Crippen molar-refractivity contribution in [3.05, 3.63) is 130 Å². The third-order valence-corrected chi connectivity index (χ3v) is 9.80. The highest BCUT2D eigenvalue weighted by molar-refractivity contribution is 6.58. The molecule has 0 unspecified atom stereocenters. The summed E-state index contributed by atoms with van der Waals surface area (Å²) in [7, 11) is -1.79. The maximum absolute atomic E-state index is 14.1. The summed E-state index contributed by atoms with van der Waals surface area (Å²) in [6.45, 7) is -0.455. The molecular weight excluding hydrogens is 657 g/mol. The van der Waals surface area contributed by atoms with Gasteiger partial charge < -0.3 is 30.1 Å². The molecule has 0 saturated carbocycles. The van der Waals surface area contributed by atoms with Gasteiger partial charge in [0.05, 0.1) is 35.3 Å². The Labute approximate surface area is 295 Å². The molecule has 6 rings (SSSR count). The van der Waals surface area contributed by atoms with Gasteiger partial charge >= 0.3 is 7.12 Å². The van der Waals surface area contributed by atoms with E-state index in [1.54, 1.807) is 30.3 Å². The van der Waals surface area contributed by atoms with Gasteiger partial charge in [-0.05, 0) is 101 Å². The molecule has 5 N–H and O–H groups in total. The van der Waals surface area contributed by atoms with Crippen LogP contribution in [0.1, 0.15) is 30.4 Å². The van der Waals surface area contributed by atoms with E-state index in [0.29, 0.717) is 33.9 Å². The van der Waals surface area contributed by atoms with Crippen molar-refractivity contribution in [2.24, 2.45) is 17.8 Å². The number of hydrogen-bond acceptors (Lipinski definition) is 8. The lowest BCUT2D eigenvalue weighted by atomic mass is 9.68. The van der Waals surface area contributed by atoms with E-state index < -0.39 is 49.4 Å². The normalized spacial score (nSPS) is 19.8. The summed E-state index contributed by atoms with van der Waals surface area (Å²) in [5.41, 5.74) is 3.91. The first kappa shape index (κ1) is 35.1. The van der Waals surface area contributed by atoms with Crippen LogP contribution < -0.4 is 15.1 Å². The summed E-state index contributed by atoms with van der Waals surface area (Å²) in [4.78, 5) is 29.0. The van der Waals surface area contributed by atoms with Crippen LogP contribution in [0.25, 0.3) is 11.6 Å². The fourth-order valence-corrected chi connectivity index (χ4v) is 7.31. The third-order valence-electron chi connectivity index (χ3n) is 9.47. The third kappa shape index (κ3) is 7.40. The monoisotopic (exact) mass is 693 g/mol. The number of aliphatic hydroxyl groups excluding tert-OH is 2. The minimum absolute atomic E-state index is 0.0360. The molecule has 1 aliphatic carbocycles. The number of aromatic hydroxyl groups is 1. The van der Waals surface area contributed by atoms with Gasteiger partial charge in [-0.2, -0.15) is 0 Å². The van der Waals surface area contributed by atoms with Gasteiger partial charge in [-0.3, -0.25) is 14.5 Å². The Bertz CT molecular complexity index is 1920. The van der Waals surface area contributed by atoms with Gasteiger partial charge in [-0.1, -0.05) is 72.3 Å². The van der Waals surface area contributed by atoms with Crippen molar-refractivity contribution in [1.82, 2.24) is 0 Å². The number of halogens is 1. The molecule has 2 aliphatic rings. The smallest absolute Gasteiger partial charge is 0.488 e. The number of carbonyl (C=O) groups is 2. The lowest BCUT2D eigenvalue weighted by molar-refractivity contribution is -0.123. The maximum atomic E-state index is 14.1. The van der Waals surface area contributed by atoms with E-state index in [1.165, 1.54) is 24.3 Å². The Morgan fingerprint density at radius 3 is 2.34 bits per heavy atom. The Balaban J connectivity index is 1.34. The first-order valence-electron chi connectivity index (χ1n) is 16.4. The van der Waals surface area contributed by atoms with Crippen molar-refractivity contribution < 1.29 is 39.7 Å². The largest absolute Gasteiger partial charge is 0.508 e. The lowest BCUT2D eigenvalue weighted by Crippen LogP contribution is -2.40. The summed E-state index contributed by atoms with van der Waals surface area (Å²) in [6.07, 6.45) is 1.55. The molecule has 256 valence electrons. The van der Waals surface area contributed by atoms with Crippen LogP contribution in [0.4, 0.5) is 5.69 Å². The molecule has 0 bridgehead atoms. The number of nitrogens with zero attached hydrogens (tertiary/aromatic N) is 1. The van der Waals surface area contributed by atoms with Gasteiger partial charge in [0.25, 0.3) is 0 Å². The molecule has 4 aromatic carbocycles. The molecular formula is C39H37BClNO8. The molecule has 1 aliphatic heterocycles. The number of hydrogen-bond donors (Lipinski definition) is 5. The molecule has 1 fully saturated rings. The van der Waals surface area contributed by atoms with Crippen LogP contribution >= 0.6 is 11.6 Å². The zero-order chi connectivity index (χ0) is 35.4. The van der Waals surface area contributed by atoms with Crippen molar-refractivity contribution in [2.45, 2.75) is 25.4 Å². The number of phenols is 1. The number of benzene rings is 4. The number of phenolic OH excluding ortho intramolecular Hbond substituents is 1. The Kier molecular flexibility index (Phi) is 10.9. The van der Waals surface area contributed by atoms with Crippen LogP contribution in [0.15, 0.2) is 114 Å². The minimum atomic E-state index is -1.79. The molecule has 11 heteroatoms. The van der Waals surface area contributed by atoms with E-state index in [1.807, 2.05) is 54.6 Å². The van der Waals surface area contributed by atoms with Crippen LogP contribution in [0.2, 0.25) is 5.02 Å². The quantitative estimate of drug-likeness (QED) is 0.0626. The van der Waals surface area contributed by atoms with Crippen LogP contribution in [-0.2, 0) is 9.59 Å². The number of carbonyl (C=O) groups excluding carboxylic acids is 2. The van der Waals surface area contributed by atoms with E-state index in [9.17, 15) is 35.0 Å². The topological polar surface area (TPSA) is 148 Å². The average molecular weight is 694 g/mol. The summed E-state index contributed by atoms with van der Waals surface area (Å²) >= 11 is 6.45. The number of fused-ring (bicyclic) bond motifs is 1. The van der Waals surface area contributed by atoms with Crippen LogP contribution in [0.3, 0.4) is 0 Å². The second-order valence-corrected chi connectivity index (χ2v) is 13.0. The predicted molar refractivity (Wildman–Crippen MR) is 193 cm³/mol. The van der Waals surface area contributed by atoms with E-state index in [0.717, 1.165) is 16.0 Å². The molecule has 0 aromatic heterocycles. The second kappa shape index (κ2) is 15.5. The number of aliphatic hydroxyl groups is 2. The number of allylic oxidation sites excluding steroid dienone is 1. The zero-order valence-electron chi connectivity index (χ0n) is 27.1. The maximum Gasteiger partial charge on any atom is 0.488 e. The second-order valence-electron chi connectivity index (χ2n) is 12.6. The van der Waals surface area contributed by atoms with Gasteiger partial charge in [0, 0.05) is 5.92 Å². The fourth-order valence-electron chi connectivity index (χ4n) is 7.08. The zero-order valence-corrected chi connectivity index (χ0v) is 27.9. The first-order valence-corrected chi connectivity index (χ1v) is 16.8. The number of ether oxygens (including phenoxy) is 1. The van der Waals surface area contributed by atoms with E-state index in [2.05, 4.69) is 0 Å². The molecule has 4 atom stereocenters. The highest BCUT2D eigenvalue weighted by Gasteiger charge is 2.55. The highest BCUT2D eigenvalue weighted by atomic mass is 35.5. The van der Waals surface area contributed by atoms with E-state index >= 15 is 0 Å². The van der Waals surface area contributed by atoms with Crippen molar-refractivity contribution in [3.8, 4) is 11.5 Å². The number of imide groups is 1. The van der Waals surface area contributed by atoms with Crippen LogP contribution in [-0.4, -0.2) is 63.6 Å². The summed E-state index contributed by atoms with van der Waals surface area (Å²) < 4.78 is 6.12. The van der Waals surface area contributed by atoms with Crippen molar-refractivity contribution >= 4 is 53.3 Å². The van der Waals surface area contributed by atoms with Crippen molar-refractivity contribution in [3.63, 3.8) is 0 Å². The first-order chi connectivity index (χ1) is 24.2. The van der Waals surface area contributed by atoms with Crippen molar-refractivity contribution in [1.29, 1.82) is 0 Å². The lowest BCUT2D eigenvalue weighted by Gasteiger charge is -2.36. The average Bonchev–Trinajstić information content (AvgIpc) is 3.38. The minimum Gasteiger partial charge on any atom is -0.508 e. The number of anilines is 1. The summed E-state index contributed by atoms with van der Waals surface area (Å²) in [5, 5.41) is 52.5. The van der Waals surface area contributed by atoms with Gasteiger partial charge in [-0.15, -0.1) is 0 Å². The Morgan fingerprint density at radius 1 is 0.940 bits per heavy atom. The van der Waals surface area contributed by atoms with Crippen molar-refractivity contribution in [2.75, 3.05) is 18.1 Å². The number of para-hydroxylation sites is 1. The standard InChI is InChI=1S/C39H37BClNO8/c41-34-21-30(44)16-14-26(34)18-25(24-8-3-1-4-9-24)15-17-35(45)36-27(23-50-31-12-5-2-6-13-31)19-32-37(33(36)22-43)39(47)42(38(32)46)29-11-7-10-28(20-29)40(48)49/h1-14,16,18,20-21,32-33,35,37,43-45,48-49H,15,17,19,22-23H2/b25-18-/t32-,33+,35-,37-/m1/s1. The Hall–Kier alpha value is -4.71. The van der Waals surface area contributed by atoms with Gasteiger partial charge in [0.1, 0.15) is 18.1 Å². The van der Waals surface area contributed by atoms with Gasteiger partial charge in [0.2, 0.25) is 11.8 Å². The Morgan fingerprint density at radius 2 is 1.66 bits per heavy atom. The molecule has 1 saturated heterocycles. The molecule has 0 radical (unpaired) electrons. The summed E-state index contributed by atoms with van der Waals surface area (Å²) in [6, 6.07) is 29.4.